The fourth-order valence-corrected chi connectivity index (χ4v) is 4.73. The lowest BCUT2D eigenvalue weighted by atomic mass is 10.2. The number of rotatable bonds is 6. The molecule has 1 aliphatic heterocycles. The minimum absolute atomic E-state index is 0.244. The van der Waals surface area contributed by atoms with Crippen molar-refractivity contribution in [2.24, 2.45) is 0 Å². The molecule has 3 rings (SSSR count). The summed E-state index contributed by atoms with van der Waals surface area (Å²) < 4.78 is 37.7. The molecule has 1 aromatic heterocycles. The van der Waals surface area contributed by atoms with Crippen LogP contribution in [0.3, 0.4) is 0 Å². The normalized spacial score (nSPS) is 17.4. The quantitative estimate of drug-likeness (QED) is 0.853. The van der Waals surface area contributed by atoms with Crippen molar-refractivity contribution in [2.45, 2.75) is 12.8 Å². The maximum atomic E-state index is 12.9. The lowest BCUT2D eigenvalue weighted by molar-refractivity contribution is 0.456. The summed E-state index contributed by atoms with van der Waals surface area (Å²) in [6.07, 6.45) is 1.29. The van der Waals surface area contributed by atoms with Crippen molar-refractivity contribution in [3.8, 4) is 0 Å². The maximum absolute atomic E-state index is 12.9. The van der Waals surface area contributed by atoms with Crippen LogP contribution in [0.5, 0.6) is 0 Å². The first-order valence-electron chi connectivity index (χ1n) is 7.31. The van der Waals surface area contributed by atoms with Gasteiger partial charge in [0.1, 0.15) is 10.8 Å². The molecule has 1 N–H and O–H groups in total. The molecule has 0 unspecified atom stereocenters. The number of benzene rings is 1. The van der Waals surface area contributed by atoms with E-state index in [9.17, 15) is 12.8 Å². The smallest absolute Gasteiger partial charge is 0.214 e. The Morgan fingerprint density at radius 3 is 2.74 bits per heavy atom. The van der Waals surface area contributed by atoms with Gasteiger partial charge in [-0.1, -0.05) is 23.5 Å². The molecule has 2 aromatic rings. The summed E-state index contributed by atoms with van der Waals surface area (Å²) in [7, 11) is -3.05. The van der Waals surface area contributed by atoms with Gasteiger partial charge >= 0.3 is 0 Å². The molecule has 1 aromatic carbocycles. The second kappa shape index (κ2) is 6.90. The Morgan fingerprint density at radius 2 is 2.04 bits per heavy atom. The van der Waals surface area contributed by atoms with E-state index in [1.165, 1.54) is 27.8 Å². The second-order valence-corrected chi connectivity index (χ2v) is 8.45. The van der Waals surface area contributed by atoms with Crippen LogP contribution in [0.2, 0.25) is 0 Å². The van der Waals surface area contributed by atoms with Crippen molar-refractivity contribution < 1.29 is 12.8 Å². The third kappa shape index (κ3) is 4.24. The monoisotopic (exact) mass is 356 g/mol. The SMILES string of the molecule is O=S1(=O)CCCN1CCNc1nnc(Cc2ccc(F)cc2)s1. The Kier molecular flexibility index (Phi) is 4.88. The third-order valence-corrected chi connectivity index (χ3v) is 6.41. The number of nitrogens with one attached hydrogen (secondary N) is 1. The summed E-state index contributed by atoms with van der Waals surface area (Å²) in [5.41, 5.74) is 0.970. The van der Waals surface area contributed by atoms with E-state index < -0.39 is 10.0 Å². The molecule has 6 nitrogen and oxygen atoms in total. The molecular formula is C14H17FN4O2S2. The molecule has 1 saturated heterocycles. The molecule has 1 aliphatic rings. The lowest BCUT2D eigenvalue weighted by Crippen LogP contribution is -2.30. The zero-order valence-corrected chi connectivity index (χ0v) is 14.0. The number of nitrogens with zero attached hydrogens (tertiary/aromatic N) is 3. The van der Waals surface area contributed by atoms with Gasteiger partial charge in [0, 0.05) is 26.1 Å². The predicted molar refractivity (Wildman–Crippen MR) is 87.6 cm³/mol. The fraction of sp³-hybridized carbons (Fsp3) is 0.429. The fourth-order valence-electron chi connectivity index (χ4n) is 2.40. The molecule has 0 spiro atoms. The van der Waals surface area contributed by atoms with Crippen LogP contribution in [0.15, 0.2) is 24.3 Å². The van der Waals surface area contributed by atoms with Gasteiger partial charge in [0.25, 0.3) is 0 Å². The van der Waals surface area contributed by atoms with Crippen molar-refractivity contribution in [3.05, 3.63) is 40.7 Å². The molecule has 2 heterocycles. The van der Waals surface area contributed by atoms with Crippen LogP contribution in [0.1, 0.15) is 17.0 Å². The number of hydrogen-bond acceptors (Lipinski definition) is 6. The van der Waals surface area contributed by atoms with Crippen molar-refractivity contribution in [2.75, 3.05) is 30.7 Å². The largest absolute Gasteiger partial charge is 0.359 e. The van der Waals surface area contributed by atoms with Gasteiger partial charge in [-0.25, -0.2) is 17.1 Å². The van der Waals surface area contributed by atoms with E-state index in [0.29, 0.717) is 37.6 Å². The Morgan fingerprint density at radius 1 is 1.26 bits per heavy atom. The van der Waals surface area contributed by atoms with Gasteiger partial charge in [-0.2, -0.15) is 0 Å². The molecule has 124 valence electrons. The highest BCUT2D eigenvalue weighted by Crippen LogP contribution is 2.19. The molecule has 0 bridgehead atoms. The topological polar surface area (TPSA) is 75.2 Å². The van der Waals surface area contributed by atoms with Gasteiger partial charge < -0.3 is 5.32 Å². The molecule has 0 atom stereocenters. The first kappa shape index (κ1) is 16.3. The van der Waals surface area contributed by atoms with E-state index in [4.69, 9.17) is 0 Å². The minimum Gasteiger partial charge on any atom is -0.359 e. The Balaban J connectivity index is 1.50. The zero-order chi connectivity index (χ0) is 16.3. The van der Waals surface area contributed by atoms with Crippen LogP contribution < -0.4 is 5.32 Å². The van der Waals surface area contributed by atoms with Gasteiger partial charge in [0.15, 0.2) is 0 Å². The van der Waals surface area contributed by atoms with E-state index in [2.05, 4.69) is 15.5 Å². The minimum atomic E-state index is -3.05. The first-order chi connectivity index (χ1) is 11.0. The van der Waals surface area contributed by atoms with Crippen molar-refractivity contribution >= 4 is 26.5 Å². The van der Waals surface area contributed by atoms with Gasteiger partial charge in [-0.15, -0.1) is 10.2 Å². The van der Waals surface area contributed by atoms with Crippen molar-refractivity contribution in [1.29, 1.82) is 0 Å². The van der Waals surface area contributed by atoms with Gasteiger partial charge in [0.05, 0.1) is 5.75 Å². The Hall–Kier alpha value is -1.58. The zero-order valence-electron chi connectivity index (χ0n) is 12.4. The average molecular weight is 356 g/mol. The standard InChI is InChI=1S/C14H17FN4O2S2/c15-12-4-2-11(3-5-12)10-13-17-18-14(22-13)16-6-8-19-7-1-9-23(19,20)21/h2-5H,1,6-10H2,(H,16,18). The van der Waals surface area contributed by atoms with Gasteiger partial charge in [-0.05, 0) is 24.1 Å². The number of halogens is 1. The molecule has 0 saturated carbocycles. The van der Waals surface area contributed by atoms with Crippen LogP contribution >= 0.6 is 11.3 Å². The summed E-state index contributed by atoms with van der Waals surface area (Å²) in [6, 6.07) is 6.29. The van der Waals surface area contributed by atoms with E-state index >= 15 is 0 Å². The number of anilines is 1. The van der Waals surface area contributed by atoms with E-state index in [1.54, 1.807) is 12.1 Å². The summed E-state index contributed by atoms with van der Waals surface area (Å²) in [5.74, 6) is -0.0154. The number of aromatic nitrogens is 2. The summed E-state index contributed by atoms with van der Waals surface area (Å²) in [6.45, 7) is 1.54. The van der Waals surface area contributed by atoms with Crippen molar-refractivity contribution in [1.82, 2.24) is 14.5 Å². The third-order valence-electron chi connectivity index (χ3n) is 3.58. The molecule has 0 amide bonds. The first-order valence-corrected chi connectivity index (χ1v) is 9.74. The van der Waals surface area contributed by atoms with Gasteiger partial charge in [0.2, 0.25) is 15.2 Å². The van der Waals surface area contributed by atoms with Gasteiger partial charge in [-0.3, -0.25) is 0 Å². The van der Waals surface area contributed by atoms with Crippen LogP contribution in [-0.4, -0.2) is 48.3 Å². The molecule has 0 radical (unpaired) electrons. The highest BCUT2D eigenvalue weighted by molar-refractivity contribution is 7.89. The summed E-state index contributed by atoms with van der Waals surface area (Å²) >= 11 is 1.42. The Bertz CT molecular complexity index is 761. The highest BCUT2D eigenvalue weighted by atomic mass is 32.2. The van der Waals surface area contributed by atoms with Crippen molar-refractivity contribution in [3.63, 3.8) is 0 Å². The summed E-state index contributed by atoms with van der Waals surface area (Å²) in [4.78, 5) is 0. The maximum Gasteiger partial charge on any atom is 0.214 e. The predicted octanol–water partition coefficient (Wildman–Crippen LogP) is 1.72. The molecule has 1 fully saturated rings. The second-order valence-electron chi connectivity index (χ2n) is 5.30. The number of sulfonamides is 1. The Labute approximate surface area is 138 Å². The average Bonchev–Trinajstić information content (AvgIpc) is 3.08. The highest BCUT2D eigenvalue weighted by Gasteiger charge is 2.27. The van der Waals surface area contributed by atoms with Crippen LogP contribution in [0.4, 0.5) is 9.52 Å². The molecule has 0 aliphatic carbocycles. The van der Waals surface area contributed by atoms with E-state index in [-0.39, 0.29) is 11.6 Å². The number of hydrogen-bond donors (Lipinski definition) is 1. The van der Waals surface area contributed by atoms with Crippen LogP contribution in [0.25, 0.3) is 0 Å². The molecular weight excluding hydrogens is 339 g/mol. The summed E-state index contributed by atoms with van der Waals surface area (Å²) in [5, 5.41) is 12.7. The van der Waals surface area contributed by atoms with E-state index in [1.807, 2.05) is 0 Å². The van der Waals surface area contributed by atoms with Crippen LogP contribution in [0, 0.1) is 5.82 Å². The lowest BCUT2D eigenvalue weighted by Gasteiger charge is -2.13. The van der Waals surface area contributed by atoms with E-state index in [0.717, 1.165) is 10.6 Å². The van der Waals surface area contributed by atoms with Crippen LogP contribution in [-0.2, 0) is 16.4 Å². The molecule has 23 heavy (non-hydrogen) atoms. The molecule has 9 heteroatoms.